The average Bonchev–Trinajstić information content (AvgIpc) is 3.18. The van der Waals surface area contributed by atoms with Crippen molar-refractivity contribution in [2.75, 3.05) is 13.1 Å². The molecule has 3 heterocycles. The topological polar surface area (TPSA) is 85.1 Å². The Balaban J connectivity index is 1.58. The van der Waals surface area contributed by atoms with Crippen LogP contribution in [0.15, 0.2) is 54.6 Å². The van der Waals surface area contributed by atoms with E-state index in [0.717, 1.165) is 42.9 Å². The Bertz CT molecular complexity index is 1220. The Morgan fingerprint density at radius 2 is 1.75 bits per heavy atom. The Morgan fingerprint density at radius 1 is 1.00 bits per heavy atom. The lowest BCUT2D eigenvalue weighted by Gasteiger charge is -2.23. The van der Waals surface area contributed by atoms with Crippen LogP contribution in [0.25, 0.3) is 22.6 Å². The molecule has 0 radical (unpaired) electrons. The minimum atomic E-state index is 0.206. The summed E-state index contributed by atoms with van der Waals surface area (Å²) in [5.74, 6) is 2.26. The monoisotopic (exact) mass is 429 g/mol. The molecule has 2 aromatic carbocycles. The van der Waals surface area contributed by atoms with E-state index >= 15 is 0 Å². The molecule has 5 rings (SSSR count). The normalized spacial score (nSPS) is 14.7. The summed E-state index contributed by atoms with van der Waals surface area (Å²) in [6, 6.07) is 17.1. The van der Waals surface area contributed by atoms with Crippen LogP contribution in [0, 0.1) is 12.8 Å². The van der Waals surface area contributed by atoms with E-state index < -0.39 is 0 Å². The highest BCUT2D eigenvalue weighted by atomic mass is 16.5. The second kappa shape index (κ2) is 8.96. The standard InChI is InChI=1S/C25H27N5O2/c1-17-22-24(29-25(27-17)32-19-7-3-2-4-8-19)30(16-13-18-11-14-26-15-12-18)23(28-22)20-9-5-6-10-21(20)31/h2-10,18,26,31H,11-16H2,1H3. The summed E-state index contributed by atoms with van der Waals surface area (Å²) in [4.78, 5) is 14.1. The molecule has 2 N–H and O–H groups in total. The molecule has 0 amide bonds. The molecule has 0 aliphatic carbocycles. The number of phenolic OH excluding ortho intramolecular Hbond substituents is 1. The molecule has 4 aromatic rings. The SMILES string of the molecule is Cc1nc(Oc2ccccc2)nc2c1nc(-c1ccccc1O)n2CCC1CCNCC1. The minimum Gasteiger partial charge on any atom is -0.507 e. The zero-order valence-corrected chi connectivity index (χ0v) is 18.2. The second-order valence-electron chi connectivity index (χ2n) is 8.27. The number of nitrogens with zero attached hydrogens (tertiary/aromatic N) is 4. The zero-order valence-electron chi connectivity index (χ0n) is 18.2. The van der Waals surface area contributed by atoms with Gasteiger partial charge in [-0.15, -0.1) is 0 Å². The highest BCUT2D eigenvalue weighted by Crippen LogP contribution is 2.33. The number of aryl methyl sites for hydroxylation is 2. The van der Waals surface area contributed by atoms with Gasteiger partial charge in [0, 0.05) is 6.54 Å². The van der Waals surface area contributed by atoms with Gasteiger partial charge in [0.25, 0.3) is 0 Å². The summed E-state index contributed by atoms with van der Waals surface area (Å²) in [7, 11) is 0. The van der Waals surface area contributed by atoms with Gasteiger partial charge in [0.15, 0.2) is 5.65 Å². The molecule has 7 heteroatoms. The van der Waals surface area contributed by atoms with E-state index in [9.17, 15) is 5.11 Å². The van der Waals surface area contributed by atoms with Gasteiger partial charge in [0.05, 0.1) is 11.3 Å². The van der Waals surface area contributed by atoms with Crippen molar-refractivity contribution < 1.29 is 9.84 Å². The lowest BCUT2D eigenvalue weighted by atomic mass is 9.95. The molecule has 0 unspecified atom stereocenters. The molecule has 0 saturated carbocycles. The van der Waals surface area contributed by atoms with Crippen molar-refractivity contribution >= 4 is 11.2 Å². The van der Waals surface area contributed by atoms with Crippen molar-refractivity contribution in [2.45, 2.75) is 32.7 Å². The third kappa shape index (κ3) is 4.16. The third-order valence-electron chi connectivity index (χ3n) is 6.07. The summed E-state index contributed by atoms with van der Waals surface area (Å²) in [5.41, 5.74) is 2.91. The number of nitrogens with one attached hydrogen (secondary N) is 1. The Morgan fingerprint density at radius 3 is 2.53 bits per heavy atom. The summed E-state index contributed by atoms with van der Waals surface area (Å²) in [6.45, 7) is 4.82. The first-order valence-electron chi connectivity index (χ1n) is 11.2. The number of aromatic hydroxyl groups is 1. The van der Waals surface area contributed by atoms with Gasteiger partial charge in [-0.25, -0.2) is 4.98 Å². The van der Waals surface area contributed by atoms with Crippen LogP contribution in [0.5, 0.6) is 17.5 Å². The van der Waals surface area contributed by atoms with Gasteiger partial charge in [-0.05, 0) is 69.5 Å². The van der Waals surface area contributed by atoms with E-state index in [0.29, 0.717) is 29.1 Å². The van der Waals surface area contributed by atoms with Crippen molar-refractivity contribution in [2.24, 2.45) is 5.92 Å². The molecule has 0 spiro atoms. The fourth-order valence-electron chi connectivity index (χ4n) is 4.31. The largest absolute Gasteiger partial charge is 0.507 e. The zero-order chi connectivity index (χ0) is 21.9. The van der Waals surface area contributed by atoms with E-state index in [1.165, 1.54) is 12.8 Å². The van der Waals surface area contributed by atoms with Crippen molar-refractivity contribution in [3.8, 4) is 28.9 Å². The highest BCUT2D eigenvalue weighted by Gasteiger charge is 2.21. The van der Waals surface area contributed by atoms with Gasteiger partial charge >= 0.3 is 6.01 Å². The van der Waals surface area contributed by atoms with Crippen LogP contribution in [0.2, 0.25) is 0 Å². The molecule has 2 aromatic heterocycles. The predicted molar refractivity (Wildman–Crippen MR) is 124 cm³/mol. The van der Waals surface area contributed by atoms with Crippen LogP contribution in [-0.2, 0) is 6.54 Å². The van der Waals surface area contributed by atoms with Gasteiger partial charge in [-0.1, -0.05) is 30.3 Å². The van der Waals surface area contributed by atoms with Crippen molar-refractivity contribution in [3.05, 3.63) is 60.3 Å². The first-order valence-corrected chi connectivity index (χ1v) is 11.2. The number of hydrogen-bond donors (Lipinski definition) is 2. The Kier molecular flexibility index (Phi) is 5.73. The van der Waals surface area contributed by atoms with Gasteiger partial charge < -0.3 is 19.7 Å². The summed E-state index contributed by atoms with van der Waals surface area (Å²) in [5, 5.41) is 14.0. The molecule has 1 aliphatic heterocycles. The van der Waals surface area contributed by atoms with Crippen LogP contribution >= 0.6 is 0 Å². The lowest BCUT2D eigenvalue weighted by Crippen LogP contribution is -2.28. The summed E-state index contributed by atoms with van der Waals surface area (Å²) >= 11 is 0. The number of hydrogen-bond acceptors (Lipinski definition) is 6. The molecule has 1 saturated heterocycles. The molecular weight excluding hydrogens is 402 g/mol. The molecule has 1 aliphatic rings. The molecule has 1 fully saturated rings. The fraction of sp³-hybridized carbons (Fsp3) is 0.320. The number of fused-ring (bicyclic) bond motifs is 1. The van der Waals surface area contributed by atoms with Gasteiger partial charge in [-0.3, -0.25) is 0 Å². The third-order valence-corrected chi connectivity index (χ3v) is 6.07. The van der Waals surface area contributed by atoms with Crippen LogP contribution in [0.3, 0.4) is 0 Å². The number of aromatic nitrogens is 4. The Hall–Kier alpha value is -3.45. The second-order valence-corrected chi connectivity index (χ2v) is 8.27. The molecule has 164 valence electrons. The maximum absolute atomic E-state index is 10.5. The molecule has 32 heavy (non-hydrogen) atoms. The lowest BCUT2D eigenvalue weighted by molar-refractivity contribution is 0.339. The number of rotatable bonds is 6. The molecule has 7 nitrogen and oxygen atoms in total. The maximum Gasteiger partial charge on any atom is 0.324 e. The maximum atomic E-state index is 10.5. The van der Waals surface area contributed by atoms with Crippen molar-refractivity contribution in [1.29, 1.82) is 0 Å². The van der Waals surface area contributed by atoms with Crippen LogP contribution < -0.4 is 10.1 Å². The first-order chi connectivity index (χ1) is 15.7. The van der Waals surface area contributed by atoms with E-state index in [1.54, 1.807) is 6.07 Å². The van der Waals surface area contributed by atoms with E-state index in [1.807, 2.05) is 55.5 Å². The van der Waals surface area contributed by atoms with Crippen LogP contribution in [0.4, 0.5) is 0 Å². The quantitative estimate of drug-likeness (QED) is 0.463. The molecule has 0 bridgehead atoms. The number of ether oxygens (including phenoxy) is 1. The van der Waals surface area contributed by atoms with Crippen LogP contribution in [0.1, 0.15) is 25.0 Å². The number of imidazole rings is 1. The van der Waals surface area contributed by atoms with E-state index in [4.69, 9.17) is 14.7 Å². The first kappa shape index (κ1) is 20.5. The molecular formula is C25H27N5O2. The predicted octanol–water partition coefficient (Wildman–Crippen LogP) is 4.69. The number of piperidine rings is 1. The van der Waals surface area contributed by atoms with Crippen molar-refractivity contribution in [1.82, 2.24) is 24.8 Å². The van der Waals surface area contributed by atoms with Gasteiger partial charge in [0.1, 0.15) is 22.8 Å². The number of benzene rings is 2. The summed E-state index contributed by atoms with van der Waals surface area (Å²) in [6.07, 6.45) is 3.38. The highest BCUT2D eigenvalue weighted by molar-refractivity contribution is 5.80. The van der Waals surface area contributed by atoms with Gasteiger partial charge in [0.2, 0.25) is 0 Å². The van der Waals surface area contributed by atoms with Gasteiger partial charge in [-0.2, -0.15) is 9.97 Å². The van der Waals surface area contributed by atoms with E-state index in [-0.39, 0.29) is 5.75 Å². The number of para-hydroxylation sites is 2. The summed E-state index contributed by atoms with van der Waals surface area (Å²) < 4.78 is 8.04. The van der Waals surface area contributed by atoms with Crippen molar-refractivity contribution in [3.63, 3.8) is 0 Å². The molecule has 0 atom stereocenters. The van der Waals surface area contributed by atoms with E-state index in [2.05, 4.69) is 14.9 Å². The number of phenols is 1. The fourth-order valence-corrected chi connectivity index (χ4v) is 4.31. The minimum absolute atomic E-state index is 0.206. The van der Waals surface area contributed by atoms with Crippen LogP contribution in [-0.4, -0.2) is 37.7 Å². The smallest absolute Gasteiger partial charge is 0.324 e. The Labute approximate surface area is 187 Å². The average molecular weight is 430 g/mol.